The molecule has 45 heavy (non-hydrogen) atoms. The monoisotopic (exact) mass is 627 g/mol. The van der Waals surface area contributed by atoms with Crippen molar-refractivity contribution >= 4 is 27.5 Å². The molecule has 0 aliphatic heterocycles. The highest BCUT2D eigenvalue weighted by molar-refractivity contribution is 7.92. The van der Waals surface area contributed by atoms with Gasteiger partial charge in [-0.1, -0.05) is 105 Å². The zero-order valence-electron chi connectivity index (χ0n) is 26.0. The van der Waals surface area contributed by atoms with E-state index in [1.807, 2.05) is 105 Å². The van der Waals surface area contributed by atoms with Gasteiger partial charge >= 0.3 is 0 Å². The number of nitrogens with zero attached hydrogens (tertiary/aromatic N) is 2. The van der Waals surface area contributed by atoms with E-state index in [0.717, 1.165) is 27.3 Å². The molecule has 0 spiro atoms. The number of carbonyl (C=O) groups is 2. The van der Waals surface area contributed by atoms with Crippen LogP contribution < -0.4 is 14.4 Å². The first kappa shape index (κ1) is 33.3. The summed E-state index contributed by atoms with van der Waals surface area (Å²) in [6.45, 7) is 4.48. The second kappa shape index (κ2) is 15.9. The molecular weight excluding hydrogens is 586 g/mol. The van der Waals surface area contributed by atoms with E-state index in [9.17, 15) is 18.0 Å². The van der Waals surface area contributed by atoms with Gasteiger partial charge in [-0.25, -0.2) is 8.42 Å². The quantitative estimate of drug-likeness (QED) is 0.189. The first-order valence-corrected chi connectivity index (χ1v) is 16.8. The van der Waals surface area contributed by atoms with Crippen LogP contribution in [0.2, 0.25) is 0 Å². The maximum absolute atomic E-state index is 14.2. The van der Waals surface area contributed by atoms with Gasteiger partial charge in [-0.05, 0) is 46.9 Å². The number of benzene rings is 4. The Balaban J connectivity index is 1.62. The molecule has 1 N–H and O–H groups in total. The molecule has 0 aromatic heterocycles. The number of amides is 2. The molecule has 236 valence electrons. The fourth-order valence-electron chi connectivity index (χ4n) is 4.82. The van der Waals surface area contributed by atoms with Gasteiger partial charge in [0.05, 0.1) is 11.9 Å². The summed E-state index contributed by atoms with van der Waals surface area (Å²) in [4.78, 5) is 29.4. The largest absolute Gasteiger partial charge is 0.489 e. The Morgan fingerprint density at radius 3 is 1.82 bits per heavy atom. The third-order valence-corrected chi connectivity index (χ3v) is 8.34. The summed E-state index contributed by atoms with van der Waals surface area (Å²) in [7, 11) is -3.87. The Labute approximate surface area is 266 Å². The summed E-state index contributed by atoms with van der Waals surface area (Å²) in [6, 6.07) is 34.3. The highest BCUT2D eigenvalue weighted by atomic mass is 32.2. The van der Waals surface area contributed by atoms with E-state index in [1.165, 1.54) is 4.90 Å². The number of carbonyl (C=O) groups excluding carboxylic acids is 2. The molecule has 1 atom stereocenters. The van der Waals surface area contributed by atoms with Gasteiger partial charge in [0.1, 0.15) is 24.9 Å². The summed E-state index contributed by atoms with van der Waals surface area (Å²) in [6.07, 6.45) is 1.34. The van der Waals surface area contributed by atoms with E-state index < -0.39 is 28.5 Å². The van der Waals surface area contributed by atoms with Crippen molar-refractivity contribution in [1.29, 1.82) is 0 Å². The van der Waals surface area contributed by atoms with Crippen molar-refractivity contribution in [1.82, 2.24) is 10.2 Å². The molecule has 0 aliphatic rings. The number of rotatable bonds is 15. The Kier molecular flexibility index (Phi) is 11.8. The van der Waals surface area contributed by atoms with Crippen LogP contribution in [0.3, 0.4) is 0 Å². The minimum atomic E-state index is -3.87. The molecule has 9 heteroatoms. The smallest absolute Gasteiger partial charge is 0.244 e. The van der Waals surface area contributed by atoms with Gasteiger partial charge in [0.2, 0.25) is 21.8 Å². The molecule has 4 rings (SSSR count). The van der Waals surface area contributed by atoms with Crippen LogP contribution in [0.15, 0.2) is 115 Å². The Bertz CT molecular complexity index is 1610. The Morgan fingerprint density at radius 1 is 0.756 bits per heavy atom. The summed E-state index contributed by atoms with van der Waals surface area (Å²) in [5.74, 6) is -0.000212. The number of sulfonamides is 1. The van der Waals surface area contributed by atoms with Crippen LogP contribution in [0, 0.1) is 5.92 Å². The average Bonchev–Trinajstić information content (AvgIpc) is 3.04. The minimum absolute atomic E-state index is 0.135. The molecule has 8 nitrogen and oxygen atoms in total. The lowest BCUT2D eigenvalue weighted by Gasteiger charge is -2.33. The first-order chi connectivity index (χ1) is 21.6. The summed E-state index contributed by atoms with van der Waals surface area (Å²) >= 11 is 0. The standard InChI is InChI=1S/C36H41N3O5S/c1-28(2)24-37-36(41)34(23-29-13-7-4-8-14-29)38(25-30-15-9-5-10-16-30)35(40)26-39(45(3,42)43)32-19-21-33(22-20-32)44-27-31-17-11-6-12-18-31/h4-22,28,34H,23-27H2,1-3H3,(H,37,41)/t34-/m1/s1. The highest BCUT2D eigenvalue weighted by Gasteiger charge is 2.33. The fourth-order valence-corrected chi connectivity index (χ4v) is 5.67. The van der Waals surface area contributed by atoms with E-state index in [2.05, 4.69) is 5.32 Å². The molecule has 4 aromatic carbocycles. The van der Waals surface area contributed by atoms with Crippen LogP contribution in [0.25, 0.3) is 0 Å². The maximum Gasteiger partial charge on any atom is 0.244 e. The predicted molar refractivity (Wildman–Crippen MR) is 178 cm³/mol. The van der Waals surface area contributed by atoms with Crippen molar-refractivity contribution in [3.8, 4) is 5.75 Å². The zero-order chi connectivity index (χ0) is 32.2. The molecule has 0 saturated heterocycles. The first-order valence-electron chi connectivity index (χ1n) is 15.0. The van der Waals surface area contributed by atoms with Crippen molar-refractivity contribution in [3.05, 3.63) is 132 Å². The van der Waals surface area contributed by atoms with Gasteiger partial charge in [0.15, 0.2) is 0 Å². The minimum Gasteiger partial charge on any atom is -0.489 e. The summed E-state index contributed by atoms with van der Waals surface area (Å²) < 4.78 is 33.1. The van der Waals surface area contributed by atoms with E-state index in [4.69, 9.17) is 4.74 Å². The normalized spacial score (nSPS) is 11.9. The maximum atomic E-state index is 14.2. The fraction of sp³-hybridized carbons (Fsp3) is 0.278. The molecule has 0 radical (unpaired) electrons. The highest BCUT2D eigenvalue weighted by Crippen LogP contribution is 2.24. The van der Waals surface area contributed by atoms with Crippen molar-refractivity contribution in [3.63, 3.8) is 0 Å². The van der Waals surface area contributed by atoms with Gasteiger partial charge in [-0.15, -0.1) is 0 Å². The van der Waals surface area contributed by atoms with Gasteiger partial charge in [0, 0.05) is 19.5 Å². The van der Waals surface area contributed by atoms with Gasteiger partial charge < -0.3 is 15.0 Å². The van der Waals surface area contributed by atoms with Crippen LogP contribution >= 0.6 is 0 Å². The summed E-state index contributed by atoms with van der Waals surface area (Å²) in [5.41, 5.74) is 3.04. The second-order valence-corrected chi connectivity index (χ2v) is 13.3. The molecule has 4 aromatic rings. The number of hydrogen-bond acceptors (Lipinski definition) is 5. The van der Waals surface area contributed by atoms with Crippen LogP contribution in [-0.4, -0.2) is 50.5 Å². The third kappa shape index (κ3) is 10.2. The Morgan fingerprint density at radius 2 is 1.29 bits per heavy atom. The molecule has 0 aliphatic carbocycles. The molecule has 0 unspecified atom stereocenters. The lowest BCUT2D eigenvalue weighted by Crippen LogP contribution is -2.53. The predicted octanol–water partition coefficient (Wildman–Crippen LogP) is 5.44. The lowest BCUT2D eigenvalue weighted by molar-refractivity contribution is -0.140. The average molecular weight is 628 g/mol. The Hall–Kier alpha value is -4.63. The molecule has 2 amide bonds. The number of hydrogen-bond donors (Lipinski definition) is 1. The zero-order valence-corrected chi connectivity index (χ0v) is 26.8. The van der Waals surface area contributed by atoms with E-state index in [0.29, 0.717) is 24.6 Å². The molecular formula is C36H41N3O5S. The topological polar surface area (TPSA) is 96.0 Å². The number of anilines is 1. The molecule has 0 bridgehead atoms. The SMILES string of the molecule is CC(C)CNC(=O)[C@@H](Cc1ccccc1)N(Cc1ccccc1)C(=O)CN(c1ccc(OCc2ccccc2)cc1)S(C)(=O)=O. The van der Waals surface area contributed by atoms with Crippen LogP contribution in [0.5, 0.6) is 5.75 Å². The van der Waals surface area contributed by atoms with Crippen molar-refractivity contribution in [2.45, 2.75) is 39.5 Å². The van der Waals surface area contributed by atoms with Crippen LogP contribution in [0.4, 0.5) is 5.69 Å². The number of nitrogens with one attached hydrogen (secondary N) is 1. The molecule has 0 heterocycles. The van der Waals surface area contributed by atoms with Crippen LogP contribution in [0.1, 0.15) is 30.5 Å². The molecule has 0 saturated carbocycles. The van der Waals surface area contributed by atoms with Gasteiger partial charge in [-0.2, -0.15) is 0 Å². The van der Waals surface area contributed by atoms with E-state index in [-0.39, 0.29) is 24.8 Å². The van der Waals surface area contributed by atoms with Crippen molar-refractivity contribution < 1.29 is 22.7 Å². The third-order valence-electron chi connectivity index (χ3n) is 7.20. The van der Waals surface area contributed by atoms with Crippen molar-refractivity contribution in [2.75, 3.05) is 23.7 Å². The second-order valence-electron chi connectivity index (χ2n) is 11.4. The van der Waals surface area contributed by atoms with Gasteiger partial charge in [-0.3, -0.25) is 13.9 Å². The summed E-state index contributed by atoms with van der Waals surface area (Å²) in [5, 5.41) is 2.99. The number of ether oxygens (including phenoxy) is 1. The van der Waals surface area contributed by atoms with Crippen LogP contribution in [-0.2, 0) is 39.2 Å². The van der Waals surface area contributed by atoms with Gasteiger partial charge in [0.25, 0.3) is 0 Å². The van der Waals surface area contributed by atoms with E-state index >= 15 is 0 Å². The van der Waals surface area contributed by atoms with Crippen molar-refractivity contribution in [2.24, 2.45) is 5.92 Å². The van der Waals surface area contributed by atoms with E-state index in [1.54, 1.807) is 24.3 Å². The lowest BCUT2D eigenvalue weighted by atomic mass is 10.0. The molecule has 0 fully saturated rings.